The van der Waals surface area contributed by atoms with Gasteiger partial charge in [-0.05, 0) is 26.2 Å². The number of hydrogen-bond acceptors (Lipinski definition) is 5. The van der Waals surface area contributed by atoms with Gasteiger partial charge in [-0.15, -0.1) is 0 Å². The van der Waals surface area contributed by atoms with Crippen LogP contribution in [0.3, 0.4) is 0 Å². The van der Waals surface area contributed by atoms with E-state index in [1.165, 1.54) is 0 Å². The van der Waals surface area contributed by atoms with Gasteiger partial charge in [0, 0.05) is 13.2 Å². The van der Waals surface area contributed by atoms with E-state index in [0.717, 1.165) is 38.5 Å². The molecule has 0 saturated heterocycles. The lowest BCUT2D eigenvalue weighted by Gasteiger charge is -2.20. The van der Waals surface area contributed by atoms with Gasteiger partial charge in [-0.1, -0.05) is 40.0 Å². The molecule has 132 valence electrons. The Bertz CT molecular complexity index is 257. The van der Waals surface area contributed by atoms with E-state index in [-0.39, 0.29) is 6.61 Å². The quantitative estimate of drug-likeness (QED) is 0.262. The normalized spacial score (nSPS) is 13.8. The van der Waals surface area contributed by atoms with E-state index in [0.29, 0.717) is 19.8 Å². The number of hydrogen-bond donors (Lipinski definition) is 0. The van der Waals surface area contributed by atoms with E-state index in [2.05, 4.69) is 20.8 Å². The van der Waals surface area contributed by atoms with Crippen molar-refractivity contribution >= 4 is 5.97 Å². The molecule has 0 heterocycles. The van der Waals surface area contributed by atoms with Gasteiger partial charge >= 0.3 is 5.97 Å². The molecule has 1 unspecified atom stereocenters. The number of ether oxygens (including phenoxy) is 4. The molecular weight excluding hydrogens is 284 g/mol. The van der Waals surface area contributed by atoms with Crippen LogP contribution in [0.4, 0.5) is 0 Å². The highest BCUT2D eigenvalue weighted by Crippen LogP contribution is 2.05. The smallest absolute Gasteiger partial charge is 0.337 e. The van der Waals surface area contributed by atoms with Gasteiger partial charge in [0.05, 0.1) is 6.61 Å². The monoisotopic (exact) mass is 318 g/mol. The molecule has 22 heavy (non-hydrogen) atoms. The van der Waals surface area contributed by atoms with Crippen molar-refractivity contribution in [1.29, 1.82) is 0 Å². The highest BCUT2D eigenvalue weighted by molar-refractivity contribution is 5.74. The Balaban J connectivity index is 4.12. The maximum Gasteiger partial charge on any atom is 0.337 e. The second-order valence-corrected chi connectivity index (χ2v) is 5.39. The van der Waals surface area contributed by atoms with Crippen LogP contribution in [0.15, 0.2) is 0 Å². The molecule has 0 radical (unpaired) electrons. The molecular formula is C17H34O5. The van der Waals surface area contributed by atoms with Crippen LogP contribution in [0.2, 0.25) is 0 Å². The Labute approximate surface area is 135 Å². The Hall–Kier alpha value is -0.650. The summed E-state index contributed by atoms with van der Waals surface area (Å²) in [4.78, 5) is 12.0. The molecule has 0 spiro atoms. The van der Waals surface area contributed by atoms with Crippen molar-refractivity contribution in [3.05, 3.63) is 0 Å². The third kappa shape index (κ3) is 12.0. The predicted octanol–water partition coefficient (Wildman–Crippen LogP) is 3.69. The maximum atomic E-state index is 12.0. The molecule has 0 saturated carbocycles. The van der Waals surface area contributed by atoms with Gasteiger partial charge < -0.3 is 18.9 Å². The van der Waals surface area contributed by atoms with Crippen molar-refractivity contribution in [3.63, 3.8) is 0 Å². The van der Waals surface area contributed by atoms with E-state index in [9.17, 15) is 4.79 Å². The molecule has 5 nitrogen and oxygen atoms in total. The van der Waals surface area contributed by atoms with Crippen molar-refractivity contribution in [1.82, 2.24) is 0 Å². The van der Waals surface area contributed by atoms with Crippen LogP contribution in [-0.2, 0) is 23.7 Å². The Morgan fingerprint density at radius 1 is 0.864 bits per heavy atom. The lowest BCUT2D eigenvalue weighted by molar-refractivity contribution is -0.200. The molecule has 0 aliphatic rings. The van der Waals surface area contributed by atoms with E-state index in [1.54, 1.807) is 6.92 Å². The van der Waals surface area contributed by atoms with E-state index >= 15 is 0 Å². The third-order valence-electron chi connectivity index (χ3n) is 3.14. The number of unbranched alkanes of at least 4 members (excludes halogenated alkanes) is 3. The van der Waals surface area contributed by atoms with Crippen molar-refractivity contribution in [2.24, 2.45) is 0 Å². The van der Waals surface area contributed by atoms with Crippen LogP contribution in [0.5, 0.6) is 0 Å². The maximum absolute atomic E-state index is 12.0. The second kappa shape index (κ2) is 15.3. The topological polar surface area (TPSA) is 54.0 Å². The molecule has 0 aliphatic carbocycles. The molecule has 5 heteroatoms. The summed E-state index contributed by atoms with van der Waals surface area (Å²) in [6.45, 7) is 10.1. The highest BCUT2D eigenvalue weighted by atomic mass is 16.7. The number of rotatable bonds is 15. The van der Waals surface area contributed by atoms with Gasteiger partial charge in [0.2, 0.25) is 6.29 Å². The van der Waals surface area contributed by atoms with Gasteiger partial charge in [-0.2, -0.15) is 0 Å². The molecule has 0 fully saturated rings. The van der Waals surface area contributed by atoms with Crippen LogP contribution >= 0.6 is 0 Å². The molecule has 2 atom stereocenters. The summed E-state index contributed by atoms with van der Waals surface area (Å²) in [5.41, 5.74) is 0. The first-order chi connectivity index (χ1) is 10.7. The zero-order valence-corrected chi connectivity index (χ0v) is 14.8. The highest BCUT2D eigenvalue weighted by Gasteiger charge is 2.21. The van der Waals surface area contributed by atoms with Gasteiger partial charge in [0.15, 0.2) is 6.10 Å². The average Bonchev–Trinajstić information content (AvgIpc) is 2.51. The molecule has 0 rings (SSSR count). The molecule has 0 amide bonds. The van der Waals surface area contributed by atoms with E-state index < -0.39 is 18.4 Å². The third-order valence-corrected chi connectivity index (χ3v) is 3.14. The fourth-order valence-electron chi connectivity index (χ4n) is 1.60. The molecule has 0 bridgehead atoms. The van der Waals surface area contributed by atoms with E-state index in [4.69, 9.17) is 18.9 Å². The predicted molar refractivity (Wildman–Crippen MR) is 86.8 cm³/mol. The summed E-state index contributed by atoms with van der Waals surface area (Å²) >= 11 is 0. The minimum absolute atomic E-state index is 0.275. The Kier molecular flexibility index (Phi) is 14.8. The van der Waals surface area contributed by atoms with Crippen molar-refractivity contribution in [3.8, 4) is 0 Å². The van der Waals surface area contributed by atoms with Crippen LogP contribution in [0.1, 0.15) is 66.2 Å². The molecule has 0 N–H and O–H groups in total. The number of carbonyl (C=O) groups excluding carboxylic acids is 1. The van der Waals surface area contributed by atoms with Crippen LogP contribution in [0.25, 0.3) is 0 Å². The van der Waals surface area contributed by atoms with Crippen LogP contribution in [0, 0.1) is 0 Å². The first kappa shape index (κ1) is 21.4. The lowest BCUT2D eigenvalue weighted by Crippen LogP contribution is -2.33. The minimum Gasteiger partial charge on any atom is -0.431 e. The summed E-state index contributed by atoms with van der Waals surface area (Å²) < 4.78 is 21.9. The first-order valence-corrected chi connectivity index (χ1v) is 8.67. The van der Waals surface area contributed by atoms with Crippen LogP contribution in [-0.4, -0.2) is 44.8 Å². The van der Waals surface area contributed by atoms with Gasteiger partial charge in [0.1, 0.15) is 6.61 Å². The van der Waals surface area contributed by atoms with Crippen molar-refractivity contribution < 1.29 is 23.7 Å². The summed E-state index contributed by atoms with van der Waals surface area (Å²) in [7, 11) is 0. The molecule has 0 aliphatic heterocycles. The first-order valence-electron chi connectivity index (χ1n) is 8.67. The van der Waals surface area contributed by atoms with Gasteiger partial charge in [-0.3, -0.25) is 0 Å². The zero-order chi connectivity index (χ0) is 16.6. The summed E-state index contributed by atoms with van der Waals surface area (Å²) in [5, 5.41) is 0. The molecule has 0 aromatic carbocycles. The zero-order valence-electron chi connectivity index (χ0n) is 14.8. The number of carbonyl (C=O) groups is 1. The summed E-state index contributed by atoms with van der Waals surface area (Å²) in [5.74, 6) is -0.392. The number of esters is 1. The largest absolute Gasteiger partial charge is 0.431 e. The fourth-order valence-corrected chi connectivity index (χ4v) is 1.60. The van der Waals surface area contributed by atoms with Gasteiger partial charge in [-0.25, -0.2) is 4.79 Å². The second-order valence-electron chi connectivity index (χ2n) is 5.39. The molecule has 0 aromatic rings. The van der Waals surface area contributed by atoms with Crippen molar-refractivity contribution in [2.75, 3.05) is 26.4 Å². The average molecular weight is 318 g/mol. The molecule has 0 aromatic heterocycles. The SMILES string of the molecule is CCCCOCC(OCCCC)OC(=O)[C@H](C)OCCCC. The van der Waals surface area contributed by atoms with Crippen LogP contribution < -0.4 is 0 Å². The fraction of sp³-hybridized carbons (Fsp3) is 0.941. The Morgan fingerprint density at radius 2 is 1.41 bits per heavy atom. The Morgan fingerprint density at radius 3 is 2.00 bits per heavy atom. The van der Waals surface area contributed by atoms with E-state index in [1.807, 2.05) is 0 Å². The van der Waals surface area contributed by atoms with Crippen molar-refractivity contribution in [2.45, 2.75) is 78.6 Å². The lowest BCUT2D eigenvalue weighted by atomic mass is 10.3. The summed E-state index contributed by atoms with van der Waals surface area (Å²) in [6.07, 6.45) is 4.80. The minimum atomic E-state index is -0.645. The standard InChI is InChI=1S/C17H34O5/c1-5-8-11-19-14-16(21-13-10-7-3)22-17(18)15(4)20-12-9-6-2/h15-16H,5-14H2,1-4H3/t15-,16?/m0/s1. The van der Waals surface area contributed by atoms with Gasteiger partial charge in [0.25, 0.3) is 0 Å². The summed E-state index contributed by atoms with van der Waals surface area (Å²) in [6, 6.07) is 0.